The normalized spacial score (nSPS) is 10.8. The number of aromatic nitrogens is 2. The van der Waals surface area contributed by atoms with Gasteiger partial charge in [-0.3, -0.25) is 9.89 Å². The number of benzene rings is 1. The number of Topliss-reactive ketones (excluding diaryl/α,β-unsaturated/α-hetero) is 1. The third-order valence-electron chi connectivity index (χ3n) is 3.97. The van der Waals surface area contributed by atoms with Gasteiger partial charge in [0, 0.05) is 11.3 Å². The van der Waals surface area contributed by atoms with E-state index >= 15 is 0 Å². The molecule has 0 aliphatic heterocycles. The molecular weight excluding hydrogens is 276 g/mol. The van der Waals surface area contributed by atoms with Crippen molar-refractivity contribution in [1.29, 1.82) is 0 Å². The fourth-order valence-corrected chi connectivity index (χ4v) is 2.75. The summed E-state index contributed by atoms with van der Waals surface area (Å²) in [6, 6.07) is 3.80. The molecule has 4 heteroatoms. The van der Waals surface area contributed by atoms with Crippen molar-refractivity contribution in [3.8, 4) is 5.75 Å². The van der Waals surface area contributed by atoms with E-state index in [1.165, 1.54) is 5.56 Å². The van der Waals surface area contributed by atoms with Crippen LogP contribution in [0.25, 0.3) is 0 Å². The van der Waals surface area contributed by atoms with E-state index in [0.29, 0.717) is 6.61 Å². The Morgan fingerprint density at radius 2 is 1.82 bits per heavy atom. The van der Waals surface area contributed by atoms with E-state index in [2.05, 4.69) is 10.2 Å². The first-order valence-corrected chi connectivity index (χ1v) is 7.65. The van der Waals surface area contributed by atoms with Crippen LogP contribution in [0.5, 0.6) is 5.75 Å². The topological polar surface area (TPSA) is 55.0 Å². The van der Waals surface area contributed by atoms with Gasteiger partial charge in [-0.2, -0.15) is 5.10 Å². The summed E-state index contributed by atoms with van der Waals surface area (Å²) in [4.78, 5) is 11.5. The Balaban J connectivity index is 1.96. The molecule has 0 radical (unpaired) electrons. The quantitative estimate of drug-likeness (QED) is 0.651. The number of ether oxygens (including phenoxy) is 1. The Hall–Kier alpha value is -2.10. The highest BCUT2D eigenvalue weighted by molar-refractivity contribution is 5.94. The Morgan fingerprint density at radius 3 is 2.32 bits per heavy atom. The first-order valence-electron chi connectivity index (χ1n) is 7.65. The summed E-state index contributed by atoms with van der Waals surface area (Å²) < 4.78 is 5.94. The van der Waals surface area contributed by atoms with Crippen LogP contribution in [-0.2, 0) is 6.42 Å². The van der Waals surface area contributed by atoms with Crippen LogP contribution in [0.3, 0.4) is 0 Å². The van der Waals surface area contributed by atoms with Gasteiger partial charge in [-0.05, 0) is 76.3 Å². The molecule has 0 saturated carbocycles. The summed E-state index contributed by atoms with van der Waals surface area (Å²) in [6.07, 6.45) is 1.90. The number of nitrogens with one attached hydrogen (secondary N) is 1. The predicted molar refractivity (Wildman–Crippen MR) is 87.8 cm³/mol. The van der Waals surface area contributed by atoms with Gasteiger partial charge in [-0.25, -0.2) is 0 Å². The second-order valence-electron chi connectivity index (χ2n) is 5.86. The number of carbonyl (C=O) groups excluding carboxylic acids is 1. The average molecular weight is 300 g/mol. The molecule has 118 valence electrons. The minimum Gasteiger partial charge on any atom is -0.493 e. The molecule has 0 saturated heterocycles. The van der Waals surface area contributed by atoms with Crippen LogP contribution in [0.1, 0.15) is 51.8 Å². The largest absolute Gasteiger partial charge is 0.493 e. The Morgan fingerprint density at radius 1 is 1.18 bits per heavy atom. The lowest BCUT2D eigenvalue weighted by Gasteiger charge is -2.13. The summed E-state index contributed by atoms with van der Waals surface area (Å²) in [5.41, 5.74) is 6.25. The van der Waals surface area contributed by atoms with E-state index in [1.54, 1.807) is 6.92 Å². The van der Waals surface area contributed by atoms with Crippen molar-refractivity contribution < 1.29 is 9.53 Å². The third-order valence-corrected chi connectivity index (χ3v) is 3.97. The maximum atomic E-state index is 11.5. The molecule has 0 spiro atoms. The molecule has 0 fully saturated rings. The fraction of sp³-hybridized carbons (Fsp3) is 0.444. The molecule has 1 aromatic carbocycles. The van der Waals surface area contributed by atoms with Crippen LogP contribution >= 0.6 is 0 Å². The zero-order valence-electron chi connectivity index (χ0n) is 14.0. The number of ketones is 1. The second-order valence-corrected chi connectivity index (χ2v) is 5.86. The van der Waals surface area contributed by atoms with Gasteiger partial charge in [0.05, 0.1) is 12.3 Å². The van der Waals surface area contributed by atoms with E-state index in [4.69, 9.17) is 4.74 Å². The number of H-pyrrole nitrogens is 1. The minimum absolute atomic E-state index is 0.0867. The molecule has 0 bridgehead atoms. The minimum atomic E-state index is 0.0867. The lowest BCUT2D eigenvalue weighted by atomic mass is 10.0. The summed E-state index contributed by atoms with van der Waals surface area (Å²) in [5, 5.41) is 7.22. The Bertz CT molecular complexity index is 644. The van der Waals surface area contributed by atoms with Crippen molar-refractivity contribution in [2.24, 2.45) is 0 Å². The number of nitrogens with zero attached hydrogens (tertiary/aromatic N) is 1. The van der Waals surface area contributed by atoms with Crippen LogP contribution in [0.2, 0.25) is 0 Å². The monoisotopic (exact) mass is 300 g/mol. The molecule has 2 aromatic rings. The van der Waals surface area contributed by atoms with Crippen LogP contribution in [-0.4, -0.2) is 22.6 Å². The molecule has 0 atom stereocenters. The van der Waals surface area contributed by atoms with Gasteiger partial charge in [0.1, 0.15) is 5.75 Å². The third kappa shape index (κ3) is 3.56. The average Bonchev–Trinajstić information content (AvgIpc) is 2.76. The molecule has 22 heavy (non-hydrogen) atoms. The smallest absolute Gasteiger partial charge is 0.159 e. The second kappa shape index (κ2) is 6.77. The van der Waals surface area contributed by atoms with Crippen LogP contribution in [0.15, 0.2) is 12.1 Å². The van der Waals surface area contributed by atoms with Crippen LogP contribution in [0.4, 0.5) is 0 Å². The van der Waals surface area contributed by atoms with Crippen molar-refractivity contribution in [3.05, 3.63) is 45.8 Å². The number of hydrogen-bond donors (Lipinski definition) is 1. The highest BCUT2D eigenvalue weighted by Gasteiger charge is 2.10. The van der Waals surface area contributed by atoms with Crippen molar-refractivity contribution in [3.63, 3.8) is 0 Å². The Labute approximate surface area is 131 Å². The van der Waals surface area contributed by atoms with E-state index in [0.717, 1.165) is 46.7 Å². The number of carbonyl (C=O) groups is 1. The summed E-state index contributed by atoms with van der Waals surface area (Å²) >= 11 is 0. The molecule has 4 nitrogen and oxygen atoms in total. The van der Waals surface area contributed by atoms with Crippen molar-refractivity contribution in [2.75, 3.05) is 6.61 Å². The highest BCUT2D eigenvalue weighted by Crippen LogP contribution is 2.25. The Kier molecular flexibility index (Phi) is 5.01. The SMILES string of the molecule is CC(=O)c1cc(C)c(OCCCc2c(C)n[nH]c2C)c(C)c1. The molecular formula is C18H24N2O2. The summed E-state index contributed by atoms with van der Waals surface area (Å²) in [6.45, 7) is 10.3. The lowest BCUT2D eigenvalue weighted by Crippen LogP contribution is -2.04. The lowest BCUT2D eigenvalue weighted by molar-refractivity contribution is 0.101. The first kappa shape index (κ1) is 16.3. The van der Waals surface area contributed by atoms with Gasteiger partial charge < -0.3 is 4.74 Å². The summed E-state index contributed by atoms with van der Waals surface area (Å²) in [5.74, 6) is 0.981. The maximum absolute atomic E-state index is 11.5. The van der Waals surface area contributed by atoms with E-state index < -0.39 is 0 Å². The maximum Gasteiger partial charge on any atom is 0.159 e. The van der Waals surface area contributed by atoms with Gasteiger partial charge in [0.25, 0.3) is 0 Å². The van der Waals surface area contributed by atoms with Gasteiger partial charge in [-0.15, -0.1) is 0 Å². The molecule has 1 N–H and O–H groups in total. The highest BCUT2D eigenvalue weighted by atomic mass is 16.5. The van der Waals surface area contributed by atoms with E-state index in [1.807, 2.05) is 39.8 Å². The van der Waals surface area contributed by atoms with Crippen LogP contribution in [0, 0.1) is 27.7 Å². The zero-order valence-corrected chi connectivity index (χ0v) is 14.0. The van der Waals surface area contributed by atoms with Gasteiger partial charge in [-0.1, -0.05) is 0 Å². The molecule has 1 heterocycles. The first-order chi connectivity index (χ1) is 10.4. The van der Waals surface area contributed by atoms with Crippen molar-refractivity contribution in [2.45, 2.75) is 47.5 Å². The number of rotatable bonds is 6. The number of aromatic amines is 1. The molecule has 1 aromatic heterocycles. The van der Waals surface area contributed by atoms with Gasteiger partial charge in [0.15, 0.2) is 5.78 Å². The standard InChI is InChI=1S/C18H24N2O2/c1-11-9-16(15(5)21)10-12(2)18(11)22-8-6-7-17-13(3)19-20-14(17)4/h9-10H,6-8H2,1-5H3,(H,19,20). The molecule has 0 aliphatic carbocycles. The number of aryl methyl sites for hydroxylation is 4. The fourth-order valence-electron chi connectivity index (χ4n) is 2.75. The molecule has 2 rings (SSSR count). The van der Waals surface area contributed by atoms with Gasteiger partial charge in [0.2, 0.25) is 0 Å². The molecule has 0 unspecified atom stereocenters. The van der Waals surface area contributed by atoms with Gasteiger partial charge >= 0.3 is 0 Å². The molecule has 0 amide bonds. The zero-order chi connectivity index (χ0) is 16.3. The molecule has 0 aliphatic rings. The predicted octanol–water partition coefficient (Wildman–Crippen LogP) is 3.86. The van der Waals surface area contributed by atoms with Crippen molar-refractivity contribution in [1.82, 2.24) is 10.2 Å². The number of hydrogen-bond acceptors (Lipinski definition) is 3. The van der Waals surface area contributed by atoms with Crippen LogP contribution < -0.4 is 4.74 Å². The summed E-state index contributed by atoms with van der Waals surface area (Å²) in [7, 11) is 0. The van der Waals surface area contributed by atoms with E-state index in [-0.39, 0.29) is 5.78 Å². The van der Waals surface area contributed by atoms with Crippen molar-refractivity contribution >= 4 is 5.78 Å². The van der Waals surface area contributed by atoms with E-state index in [9.17, 15) is 4.79 Å².